The lowest BCUT2D eigenvalue weighted by Crippen LogP contribution is -2.30. The van der Waals surface area contributed by atoms with E-state index in [0.717, 1.165) is 10.3 Å². The number of aromatic nitrogens is 1. The molecule has 3 aromatic carbocycles. The number of benzene rings is 3. The van der Waals surface area contributed by atoms with E-state index in [1.165, 1.54) is 22.3 Å². The first-order valence-electron chi connectivity index (χ1n) is 12.3. The number of aliphatic hydroxyl groups is 1. The van der Waals surface area contributed by atoms with Gasteiger partial charge in [0, 0.05) is 0 Å². The number of allylic oxidation sites excluding steroid dienone is 1. The Morgan fingerprint density at radius 2 is 1.74 bits per heavy atom. The number of nitrogens with zero attached hydrogens (tertiary/aromatic N) is 2. The molecular formula is C30H26N2O5S. The zero-order valence-corrected chi connectivity index (χ0v) is 21.8. The zero-order valence-electron chi connectivity index (χ0n) is 21.0. The third-order valence-electron chi connectivity index (χ3n) is 6.05. The molecule has 1 unspecified atom stereocenters. The second kappa shape index (κ2) is 10.9. The average molecular weight is 527 g/mol. The van der Waals surface area contributed by atoms with Crippen molar-refractivity contribution in [1.29, 1.82) is 0 Å². The van der Waals surface area contributed by atoms with Crippen LogP contribution in [0.15, 0.2) is 90.2 Å². The SMILES string of the molecule is CCOc1cccc(C2C(C(=O)C=Cc3ccccc3)=C(O)C(=O)N2c2nc3ccc(OCC)cc3s2)c1. The molecule has 1 atom stereocenters. The topological polar surface area (TPSA) is 89.0 Å². The summed E-state index contributed by atoms with van der Waals surface area (Å²) in [7, 11) is 0. The van der Waals surface area contributed by atoms with Crippen LogP contribution in [0.5, 0.6) is 11.5 Å². The van der Waals surface area contributed by atoms with Crippen LogP contribution < -0.4 is 14.4 Å². The maximum Gasteiger partial charge on any atom is 0.296 e. The third-order valence-corrected chi connectivity index (χ3v) is 7.07. The molecule has 1 aliphatic heterocycles. The lowest BCUT2D eigenvalue weighted by Gasteiger charge is -2.24. The van der Waals surface area contributed by atoms with Crippen molar-refractivity contribution < 1.29 is 24.2 Å². The number of fused-ring (bicyclic) bond motifs is 1. The second-order valence-electron chi connectivity index (χ2n) is 8.51. The van der Waals surface area contributed by atoms with E-state index in [1.807, 2.05) is 62.4 Å². The van der Waals surface area contributed by atoms with Crippen LogP contribution in [0.3, 0.4) is 0 Å². The predicted octanol–water partition coefficient (Wildman–Crippen LogP) is 6.28. The fourth-order valence-electron chi connectivity index (χ4n) is 4.39. The van der Waals surface area contributed by atoms with Gasteiger partial charge in [0.05, 0.1) is 35.0 Å². The van der Waals surface area contributed by atoms with Crippen molar-refractivity contribution in [3.63, 3.8) is 0 Å². The molecule has 2 heterocycles. The van der Waals surface area contributed by atoms with E-state index in [0.29, 0.717) is 40.9 Å². The van der Waals surface area contributed by atoms with Gasteiger partial charge >= 0.3 is 0 Å². The molecule has 1 aliphatic rings. The molecule has 8 heteroatoms. The van der Waals surface area contributed by atoms with Crippen molar-refractivity contribution in [2.45, 2.75) is 19.9 Å². The van der Waals surface area contributed by atoms with Gasteiger partial charge in [-0.1, -0.05) is 59.9 Å². The van der Waals surface area contributed by atoms with Gasteiger partial charge in [0.1, 0.15) is 11.5 Å². The molecule has 0 bridgehead atoms. The molecule has 7 nitrogen and oxygen atoms in total. The second-order valence-corrected chi connectivity index (χ2v) is 9.52. The summed E-state index contributed by atoms with van der Waals surface area (Å²) in [6.45, 7) is 4.78. The molecule has 0 radical (unpaired) electrons. The fourth-order valence-corrected chi connectivity index (χ4v) is 5.41. The van der Waals surface area contributed by atoms with E-state index in [4.69, 9.17) is 9.47 Å². The monoisotopic (exact) mass is 526 g/mol. The van der Waals surface area contributed by atoms with Crippen LogP contribution in [-0.2, 0) is 9.59 Å². The molecule has 0 spiro atoms. The van der Waals surface area contributed by atoms with Crippen LogP contribution in [-0.4, -0.2) is 35.0 Å². The Hall–Kier alpha value is -4.43. The van der Waals surface area contributed by atoms with Gasteiger partial charge in [-0.3, -0.25) is 14.5 Å². The molecule has 0 fully saturated rings. The van der Waals surface area contributed by atoms with Gasteiger partial charge in [-0.05, 0) is 61.4 Å². The standard InChI is InChI=1S/C30H26N2O5S/c1-3-36-21-12-8-11-20(17-21)27-26(24(33)16-13-19-9-6-5-7-10-19)28(34)29(35)32(27)30-31-23-15-14-22(37-4-2)18-25(23)38-30/h5-18,27,34H,3-4H2,1-2H3. The normalized spacial score (nSPS) is 15.6. The van der Waals surface area contributed by atoms with Crippen LogP contribution >= 0.6 is 11.3 Å². The van der Waals surface area contributed by atoms with E-state index < -0.39 is 23.5 Å². The van der Waals surface area contributed by atoms with E-state index in [-0.39, 0.29) is 5.57 Å². The van der Waals surface area contributed by atoms with E-state index >= 15 is 0 Å². The van der Waals surface area contributed by atoms with Crippen molar-refractivity contribution in [3.8, 4) is 11.5 Å². The smallest absolute Gasteiger partial charge is 0.296 e. The Kier molecular flexibility index (Phi) is 7.24. The van der Waals surface area contributed by atoms with Crippen LogP contribution in [0.1, 0.15) is 31.0 Å². The number of rotatable bonds is 9. The highest BCUT2D eigenvalue weighted by atomic mass is 32.1. The Bertz CT molecular complexity index is 1560. The van der Waals surface area contributed by atoms with Crippen molar-refractivity contribution in [2.75, 3.05) is 18.1 Å². The summed E-state index contributed by atoms with van der Waals surface area (Å²) in [5.41, 5.74) is 2.13. The van der Waals surface area contributed by atoms with Gasteiger partial charge in [-0.2, -0.15) is 0 Å². The summed E-state index contributed by atoms with van der Waals surface area (Å²) in [6.07, 6.45) is 3.04. The molecular weight excluding hydrogens is 500 g/mol. The van der Waals surface area contributed by atoms with E-state index in [9.17, 15) is 14.7 Å². The van der Waals surface area contributed by atoms with Crippen molar-refractivity contribution in [3.05, 3.63) is 101 Å². The number of aliphatic hydroxyl groups excluding tert-OH is 1. The Balaban J connectivity index is 1.60. The van der Waals surface area contributed by atoms with Crippen LogP contribution in [0.25, 0.3) is 16.3 Å². The molecule has 4 aromatic rings. The lowest BCUT2D eigenvalue weighted by atomic mass is 9.95. The highest BCUT2D eigenvalue weighted by Gasteiger charge is 2.45. The van der Waals surface area contributed by atoms with Crippen LogP contribution in [0, 0.1) is 0 Å². The molecule has 0 saturated carbocycles. The summed E-state index contributed by atoms with van der Waals surface area (Å²) < 4.78 is 12.1. The number of carbonyl (C=O) groups excluding carboxylic acids is 2. The highest BCUT2D eigenvalue weighted by molar-refractivity contribution is 7.22. The van der Waals surface area contributed by atoms with Crippen LogP contribution in [0.4, 0.5) is 5.13 Å². The van der Waals surface area contributed by atoms with Gasteiger partial charge in [0.25, 0.3) is 5.91 Å². The van der Waals surface area contributed by atoms with Gasteiger partial charge in [0.2, 0.25) is 0 Å². The quantitative estimate of drug-likeness (QED) is 0.258. The van der Waals surface area contributed by atoms with Crippen molar-refractivity contribution >= 4 is 44.5 Å². The van der Waals surface area contributed by atoms with Crippen molar-refractivity contribution in [2.24, 2.45) is 0 Å². The summed E-state index contributed by atoms with van der Waals surface area (Å²) in [5.74, 6) is -0.437. The van der Waals surface area contributed by atoms with Crippen LogP contribution in [0.2, 0.25) is 0 Å². The Labute approximate surface area is 224 Å². The number of ether oxygens (including phenoxy) is 2. The Morgan fingerprint density at radius 1 is 1.00 bits per heavy atom. The maximum atomic E-state index is 13.5. The van der Waals surface area contributed by atoms with E-state index in [2.05, 4.69) is 4.98 Å². The molecule has 192 valence electrons. The fraction of sp³-hybridized carbons (Fsp3) is 0.167. The maximum absolute atomic E-state index is 13.5. The van der Waals surface area contributed by atoms with Gasteiger partial charge in [-0.15, -0.1) is 0 Å². The first-order valence-corrected chi connectivity index (χ1v) is 13.1. The number of hydrogen-bond acceptors (Lipinski definition) is 7. The van der Waals surface area contributed by atoms with Crippen molar-refractivity contribution in [1.82, 2.24) is 4.98 Å². The number of amides is 1. The summed E-state index contributed by atoms with van der Waals surface area (Å²) >= 11 is 1.29. The largest absolute Gasteiger partial charge is 0.503 e. The number of anilines is 1. The summed E-state index contributed by atoms with van der Waals surface area (Å²) in [4.78, 5) is 33.0. The molecule has 38 heavy (non-hydrogen) atoms. The minimum Gasteiger partial charge on any atom is -0.503 e. The molecule has 0 aliphatic carbocycles. The average Bonchev–Trinajstić information content (AvgIpc) is 3.46. The molecule has 0 saturated heterocycles. The number of carbonyl (C=O) groups is 2. The number of ketones is 1. The van der Waals surface area contributed by atoms with Gasteiger partial charge < -0.3 is 14.6 Å². The first kappa shape index (κ1) is 25.2. The predicted molar refractivity (Wildman–Crippen MR) is 149 cm³/mol. The molecule has 5 rings (SSSR count). The van der Waals surface area contributed by atoms with Gasteiger partial charge in [0.15, 0.2) is 16.7 Å². The van der Waals surface area contributed by atoms with Gasteiger partial charge in [-0.25, -0.2) is 4.98 Å². The Morgan fingerprint density at radius 3 is 2.47 bits per heavy atom. The number of hydrogen-bond donors (Lipinski definition) is 1. The minimum absolute atomic E-state index is 0.00917. The highest BCUT2D eigenvalue weighted by Crippen LogP contribution is 2.44. The summed E-state index contributed by atoms with van der Waals surface area (Å²) in [5, 5.41) is 11.4. The summed E-state index contributed by atoms with van der Waals surface area (Å²) in [6, 6.07) is 21.2. The lowest BCUT2D eigenvalue weighted by molar-refractivity contribution is -0.117. The third kappa shape index (κ3) is 4.90. The zero-order chi connectivity index (χ0) is 26.6. The molecule has 1 amide bonds. The first-order chi connectivity index (χ1) is 18.5. The molecule has 1 N–H and O–H groups in total. The molecule has 1 aromatic heterocycles. The van der Waals surface area contributed by atoms with E-state index in [1.54, 1.807) is 30.3 Å². The number of thiazole rings is 1. The minimum atomic E-state index is -0.886.